The van der Waals surface area contributed by atoms with E-state index in [0.29, 0.717) is 0 Å². The molecule has 0 aliphatic heterocycles. The second-order valence-electron chi connectivity index (χ2n) is 15.7. The molecule has 0 amide bonds. The van der Waals surface area contributed by atoms with Crippen LogP contribution in [0.1, 0.15) is 25.0 Å². The van der Waals surface area contributed by atoms with Crippen LogP contribution in [0.25, 0.3) is 77.2 Å². The zero-order chi connectivity index (χ0) is 38.1. The predicted molar refractivity (Wildman–Crippen MR) is 240 cm³/mol. The van der Waals surface area contributed by atoms with Crippen molar-refractivity contribution >= 4 is 49.8 Å². The summed E-state index contributed by atoms with van der Waals surface area (Å²) < 4.78 is 6.36. The van der Waals surface area contributed by atoms with E-state index in [9.17, 15) is 0 Å². The van der Waals surface area contributed by atoms with Crippen molar-refractivity contribution in [3.63, 3.8) is 0 Å². The van der Waals surface area contributed by atoms with Crippen LogP contribution in [0.15, 0.2) is 205 Å². The molecule has 11 rings (SSSR count). The van der Waals surface area contributed by atoms with Crippen LogP contribution < -0.4 is 4.90 Å². The van der Waals surface area contributed by atoms with Gasteiger partial charge in [0.15, 0.2) is 0 Å². The second kappa shape index (κ2) is 13.0. The molecule has 0 unspecified atom stereocenters. The average Bonchev–Trinajstić information content (AvgIpc) is 3.75. The molecule has 1 aliphatic rings. The molecule has 0 saturated carbocycles. The number of rotatable bonds is 6. The molecular formula is C55H39NO. The van der Waals surface area contributed by atoms with Crippen molar-refractivity contribution in [3.05, 3.63) is 211 Å². The summed E-state index contributed by atoms with van der Waals surface area (Å²) in [5.41, 5.74) is 17.4. The van der Waals surface area contributed by atoms with Crippen molar-refractivity contribution < 1.29 is 4.42 Å². The first-order valence-corrected chi connectivity index (χ1v) is 19.8. The first-order chi connectivity index (χ1) is 28.0. The van der Waals surface area contributed by atoms with E-state index < -0.39 is 0 Å². The Morgan fingerprint density at radius 2 is 1.02 bits per heavy atom. The lowest BCUT2D eigenvalue weighted by atomic mass is 9.81. The number of anilines is 3. The first kappa shape index (κ1) is 33.2. The quantitative estimate of drug-likeness (QED) is 0.169. The highest BCUT2D eigenvalue weighted by Gasteiger charge is 2.36. The normalized spacial score (nSPS) is 12.9. The highest BCUT2D eigenvalue weighted by molar-refractivity contribution is 6.07. The minimum atomic E-state index is -0.131. The Kier molecular flexibility index (Phi) is 7.55. The Morgan fingerprint density at radius 1 is 0.386 bits per heavy atom. The van der Waals surface area contributed by atoms with Crippen LogP contribution in [-0.4, -0.2) is 0 Å². The van der Waals surface area contributed by atoms with Gasteiger partial charge in [0.2, 0.25) is 0 Å². The molecule has 1 aromatic heterocycles. The van der Waals surface area contributed by atoms with Gasteiger partial charge >= 0.3 is 0 Å². The van der Waals surface area contributed by atoms with Crippen molar-refractivity contribution in [2.24, 2.45) is 0 Å². The van der Waals surface area contributed by atoms with E-state index in [0.717, 1.165) is 50.1 Å². The van der Waals surface area contributed by atoms with Crippen LogP contribution in [0, 0.1) is 0 Å². The van der Waals surface area contributed by atoms with E-state index >= 15 is 0 Å². The molecule has 0 atom stereocenters. The van der Waals surface area contributed by atoms with Crippen LogP contribution in [0.2, 0.25) is 0 Å². The van der Waals surface area contributed by atoms with Gasteiger partial charge in [-0.05, 0) is 104 Å². The molecule has 9 aromatic carbocycles. The van der Waals surface area contributed by atoms with Gasteiger partial charge in [-0.15, -0.1) is 0 Å². The number of para-hydroxylation sites is 1. The molecule has 57 heavy (non-hydrogen) atoms. The number of hydrogen-bond donors (Lipinski definition) is 0. The molecule has 270 valence electrons. The fraction of sp³-hybridized carbons (Fsp3) is 0.0545. The summed E-state index contributed by atoms with van der Waals surface area (Å²) in [5, 5.41) is 4.66. The van der Waals surface area contributed by atoms with Crippen LogP contribution in [0.4, 0.5) is 17.1 Å². The second-order valence-corrected chi connectivity index (χ2v) is 15.7. The van der Waals surface area contributed by atoms with Gasteiger partial charge in [-0.3, -0.25) is 0 Å². The van der Waals surface area contributed by atoms with Crippen molar-refractivity contribution in [1.82, 2.24) is 0 Å². The summed E-state index contributed by atoms with van der Waals surface area (Å²) in [6.07, 6.45) is 0. The number of benzene rings is 9. The van der Waals surface area contributed by atoms with Gasteiger partial charge in [-0.25, -0.2) is 0 Å². The van der Waals surface area contributed by atoms with Gasteiger partial charge in [0, 0.05) is 32.8 Å². The Labute approximate surface area is 332 Å². The third-order valence-corrected chi connectivity index (χ3v) is 12.1. The van der Waals surface area contributed by atoms with Crippen molar-refractivity contribution in [2.45, 2.75) is 19.3 Å². The van der Waals surface area contributed by atoms with Crippen molar-refractivity contribution in [2.75, 3.05) is 4.90 Å². The van der Waals surface area contributed by atoms with Gasteiger partial charge in [0.25, 0.3) is 0 Å². The van der Waals surface area contributed by atoms with Crippen LogP contribution in [0.3, 0.4) is 0 Å². The smallest absolute Gasteiger partial charge is 0.136 e. The molecule has 0 fully saturated rings. The van der Waals surface area contributed by atoms with E-state index in [1.54, 1.807) is 0 Å². The van der Waals surface area contributed by atoms with Gasteiger partial charge in [0.1, 0.15) is 11.2 Å². The molecule has 0 N–H and O–H groups in total. The van der Waals surface area contributed by atoms with Gasteiger partial charge < -0.3 is 9.32 Å². The zero-order valence-electron chi connectivity index (χ0n) is 31.9. The Balaban J connectivity index is 1.16. The largest absolute Gasteiger partial charge is 0.456 e. The van der Waals surface area contributed by atoms with Crippen LogP contribution in [-0.2, 0) is 5.41 Å². The van der Waals surface area contributed by atoms with E-state index in [4.69, 9.17) is 4.42 Å². The molecule has 0 bridgehead atoms. The molecule has 2 heteroatoms. The summed E-state index contributed by atoms with van der Waals surface area (Å²) in [7, 11) is 0. The van der Waals surface area contributed by atoms with E-state index in [1.165, 1.54) is 55.3 Å². The molecular weight excluding hydrogens is 691 g/mol. The van der Waals surface area contributed by atoms with Gasteiger partial charge in [0.05, 0.1) is 11.4 Å². The Hall–Kier alpha value is -7.16. The summed E-state index contributed by atoms with van der Waals surface area (Å²) in [6.45, 7) is 4.73. The maximum atomic E-state index is 6.36. The zero-order valence-corrected chi connectivity index (χ0v) is 31.9. The number of furan rings is 1. The Bertz CT molecular complexity index is 3160. The van der Waals surface area contributed by atoms with Crippen molar-refractivity contribution in [1.29, 1.82) is 0 Å². The van der Waals surface area contributed by atoms with E-state index in [1.807, 2.05) is 12.1 Å². The monoisotopic (exact) mass is 729 g/mol. The highest BCUT2D eigenvalue weighted by Crippen LogP contribution is 2.52. The topological polar surface area (TPSA) is 16.4 Å². The van der Waals surface area contributed by atoms with Gasteiger partial charge in [-0.1, -0.05) is 166 Å². The summed E-state index contributed by atoms with van der Waals surface area (Å²) in [4.78, 5) is 2.47. The number of nitrogens with zero attached hydrogens (tertiary/aromatic N) is 1. The van der Waals surface area contributed by atoms with Crippen LogP contribution in [0.5, 0.6) is 0 Å². The maximum absolute atomic E-state index is 6.36. The van der Waals surface area contributed by atoms with E-state index in [-0.39, 0.29) is 5.41 Å². The third-order valence-electron chi connectivity index (χ3n) is 12.1. The third kappa shape index (κ3) is 5.33. The first-order valence-electron chi connectivity index (χ1n) is 19.8. The summed E-state index contributed by atoms with van der Waals surface area (Å²) in [5.74, 6) is 0. The standard InChI is InChI=1S/C55H39NO/c1-55(2)48-25-10-8-22-44(48)45-31-30-40(34-49(45)55)54-43(37-15-4-3-5-16-37)24-14-27-51(54)56(50-26-13-18-36-17-6-7-21-42(36)50)41-20-12-19-38(33-41)39-29-32-47-46-23-9-11-28-52(46)57-53(47)35-39/h3-35H,1-2H3. The SMILES string of the molecule is CC1(C)c2ccccc2-c2ccc(-c3c(-c4ccccc4)cccc3N(c3cccc(-c4ccc5c(c4)oc4ccccc45)c3)c3cccc4ccccc34)cc21. The number of hydrogen-bond acceptors (Lipinski definition) is 2. The van der Waals surface area contributed by atoms with Crippen LogP contribution >= 0.6 is 0 Å². The van der Waals surface area contributed by atoms with Gasteiger partial charge in [-0.2, -0.15) is 0 Å². The van der Waals surface area contributed by atoms with E-state index in [2.05, 4.69) is 207 Å². The Morgan fingerprint density at radius 3 is 1.93 bits per heavy atom. The predicted octanol–water partition coefficient (Wildman–Crippen LogP) is 15.5. The summed E-state index contributed by atoms with van der Waals surface area (Å²) in [6, 6.07) is 72.8. The molecule has 1 heterocycles. The molecule has 10 aromatic rings. The minimum Gasteiger partial charge on any atom is -0.456 e. The molecule has 0 spiro atoms. The fourth-order valence-electron chi connectivity index (χ4n) is 9.29. The highest BCUT2D eigenvalue weighted by atomic mass is 16.3. The lowest BCUT2D eigenvalue weighted by Crippen LogP contribution is -2.15. The molecule has 2 nitrogen and oxygen atoms in total. The lowest BCUT2D eigenvalue weighted by Gasteiger charge is -2.31. The maximum Gasteiger partial charge on any atom is 0.136 e. The van der Waals surface area contributed by atoms with Crippen molar-refractivity contribution in [3.8, 4) is 44.5 Å². The molecule has 0 saturated heterocycles. The number of fused-ring (bicyclic) bond motifs is 7. The molecule has 1 aliphatic carbocycles. The minimum absolute atomic E-state index is 0.131. The molecule has 0 radical (unpaired) electrons. The fourth-order valence-corrected chi connectivity index (χ4v) is 9.29. The average molecular weight is 730 g/mol. The lowest BCUT2D eigenvalue weighted by molar-refractivity contribution is 0.660. The summed E-state index contributed by atoms with van der Waals surface area (Å²) >= 11 is 0.